The van der Waals surface area contributed by atoms with E-state index in [1.54, 1.807) is 0 Å². The van der Waals surface area contributed by atoms with Gasteiger partial charge >= 0.3 is 0 Å². The third-order valence-corrected chi connectivity index (χ3v) is 2.72. The molecule has 0 aromatic rings. The van der Waals surface area contributed by atoms with E-state index in [4.69, 9.17) is 0 Å². The second kappa shape index (κ2) is 3.11. The van der Waals surface area contributed by atoms with E-state index in [1.807, 2.05) is 13.8 Å². The average Bonchev–Trinajstić information content (AvgIpc) is 2.13. The van der Waals surface area contributed by atoms with Crippen LogP contribution < -0.4 is 5.32 Å². The van der Waals surface area contributed by atoms with Crippen LogP contribution in [0.5, 0.6) is 0 Å². The van der Waals surface area contributed by atoms with E-state index in [0.717, 1.165) is 13.0 Å². The molecule has 1 atom stereocenters. The molecule has 1 heterocycles. The molecule has 0 radical (unpaired) electrons. The van der Waals surface area contributed by atoms with E-state index in [-0.39, 0.29) is 13.0 Å². The van der Waals surface area contributed by atoms with Crippen LogP contribution in [-0.2, 0) is 0 Å². The molecule has 2 N–H and O–H groups in total. The van der Waals surface area contributed by atoms with Crippen molar-refractivity contribution in [1.29, 1.82) is 0 Å². The zero-order chi connectivity index (χ0) is 7.83. The van der Waals surface area contributed by atoms with Crippen LogP contribution >= 0.6 is 0 Å². The first-order valence-corrected chi connectivity index (χ1v) is 3.93. The lowest BCUT2D eigenvalue weighted by Gasteiger charge is -2.37. The molecule has 0 aliphatic carbocycles. The van der Waals surface area contributed by atoms with Crippen LogP contribution in [0.4, 0.5) is 0 Å². The zero-order valence-electron chi connectivity index (χ0n) is 7.07. The second-order valence-electron chi connectivity index (χ2n) is 3.92. The van der Waals surface area contributed by atoms with Gasteiger partial charge in [0.15, 0.2) is 0 Å². The summed E-state index contributed by atoms with van der Waals surface area (Å²) in [6, 6.07) is 0. The smallest absolute Gasteiger partial charge is 0.0769 e. The standard InChI is InChI=1S/C8H17NO.CH4/c1-7(2,10)8(3)5-4-6-9-8;/h9-10H,4-6H2,1-3H3;1H4/t8-;/m0./s1. The van der Waals surface area contributed by atoms with Gasteiger partial charge in [-0.3, -0.25) is 0 Å². The maximum absolute atomic E-state index is 9.71. The summed E-state index contributed by atoms with van der Waals surface area (Å²) in [6.07, 6.45) is 2.26. The van der Waals surface area contributed by atoms with Gasteiger partial charge in [-0.2, -0.15) is 0 Å². The lowest BCUT2D eigenvalue weighted by Crippen LogP contribution is -2.54. The molecule has 0 spiro atoms. The van der Waals surface area contributed by atoms with Gasteiger partial charge in [0.25, 0.3) is 0 Å². The summed E-state index contributed by atoms with van der Waals surface area (Å²) < 4.78 is 0. The number of hydrogen-bond acceptors (Lipinski definition) is 2. The summed E-state index contributed by atoms with van der Waals surface area (Å²) in [7, 11) is 0. The van der Waals surface area contributed by atoms with Gasteiger partial charge < -0.3 is 10.4 Å². The van der Waals surface area contributed by atoms with Gasteiger partial charge in [-0.05, 0) is 40.2 Å². The number of aliphatic hydroxyl groups is 1. The fourth-order valence-corrected chi connectivity index (χ4v) is 1.42. The molecule has 68 valence electrons. The Balaban J connectivity index is 0.000001000. The Morgan fingerprint density at radius 2 is 2.00 bits per heavy atom. The predicted octanol–water partition coefficient (Wildman–Crippen LogP) is 1.54. The maximum atomic E-state index is 9.71. The summed E-state index contributed by atoms with van der Waals surface area (Å²) in [4.78, 5) is 0. The van der Waals surface area contributed by atoms with Crippen LogP contribution in [0.1, 0.15) is 41.0 Å². The van der Waals surface area contributed by atoms with Crippen LogP contribution in [-0.4, -0.2) is 22.8 Å². The number of hydrogen-bond donors (Lipinski definition) is 2. The van der Waals surface area contributed by atoms with Gasteiger partial charge in [0, 0.05) is 5.54 Å². The average molecular weight is 159 g/mol. The number of nitrogens with one attached hydrogen (secondary N) is 1. The molecule has 2 nitrogen and oxygen atoms in total. The maximum Gasteiger partial charge on any atom is 0.0769 e. The molecule has 0 aromatic carbocycles. The van der Waals surface area contributed by atoms with Crippen LogP contribution in [0.2, 0.25) is 0 Å². The van der Waals surface area contributed by atoms with Crippen molar-refractivity contribution in [3.8, 4) is 0 Å². The Morgan fingerprint density at radius 3 is 2.18 bits per heavy atom. The first kappa shape index (κ1) is 10.9. The quantitative estimate of drug-likeness (QED) is 0.608. The molecule has 0 saturated carbocycles. The van der Waals surface area contributed by atoms with Crippen molar-refractivity contribution in [2.75, 3.05) is 6.54 Å². The molecule has 1 rings (SSSR count). The van der Waals surface area contributed by atoms with E-state index in [1.165, 1.54) is 6.42 Å². The molecule has 1 saturated heterocycles. The highest BCUT2D eigenvalue weighted by Gasteiger charge is 2.41. The Morgan fingerprint density at radius 1 is 1.45 bits per heavy atom. The van der Waals surface area contributed by atoms with Crippen LogP contribution in [0, 0.1) is 0 Å². The number of rotatable bonds is 1. The molecule has 1 aliphatic rings. The molecule has 0 bridgehead atoms. The van der Waals surface area contributed by atoms with Gasteiger partial charge in [0.1, 0.15) is 0 Å². The predicted molar refractivity (Wildman–Crippen MR) is 48.7 cm³/mol. The van der Waals surface area contributed by atoms with Crippen LogP contribution in [0.25, 0.3) is 0 Å². The molecule has 11 heavy (non-hydrogen) atoms. The first-order chi connectivity index (χ1) is 4.46. The molecular weight excluding hydrogens is 138 g/mol. The summed E-state index contributed by atoms with van der Waals surface area (Å²) in [5, 5.41) is 13.0. The van der Waals surface area contributed by atoms with Crippen LogP contribution in [0.15, 0.2) is 0 Å². The van der Waals surface area contributed by atoms with Gasteiger partial charge in [0.2, 0.25) is 0 Å². The van der Waals surface area contributed by atoms with Crippen molar-refractivity contribution in [3.05, 3.63) is 0 Å². The summed E-state index contributed by atoms with van der Waals surface area (Å²) in [6.45, 7) is 6.86. The minimum atomic E-state index is -0.594. The van der Waals surface area contributed by atoms with Crippen molar-refractivity contribution in [1.82, 2.24) is 5.32 Å². The lowest BCUT2D eigenvalue weighted by atomic mass is 9.83. The minimum absolute atomic E-state index is 0. The molecule has 1 fully saturated rings. The van der Waals surface area contributed by atoms with Gasteiger partial charge in [-0.25, -0.2) is 0 Å². The fraction of sp³-hybridized carbons (Fsp3) is 1.00. The first-order valence-electron chi connectivity index (χ1n) is 3.93. The Hall–Kier alpha value is -0.0800. The highest BCUT2D eigenvalue weighted by Crippen LogP contribution is 2.29. The molecule has 0 amide bonds. The summed E-state index contributed by atoms with van der Waals surface area (Å²) >= 11 is 0. The highest BCUT2D eigenvalue weighted by molar-refractivity contribution is 5.00. The monoisotopic (exact) mass is 159 g/mol. The van der Waals surface area contributed by atoms with E-state index < -0.39 is 5.60 Å². The molecule has 2 heteroatoms. The molecule has 0 aromatic heterocycles. The zero-order valence-corrected chi connectivity index (χ0v) is 7.07. The molecule has 0 unspecified atom stereocenters. The van der Waals surface area contributed by atoms with Crippen LogP contribution in [0.3, 0.4) is 0 Å². The van der Waals surface area contributed by atoms with Crippen molar-refractivity contribution in [2.45, 2.75) is 52.2 Å². The third-order valence-electron chi connectivity index (χ3n) is 2.72. The third kappa shape index (κ3) is 1.94. The van der Waals surface area contributed by atoms with E-state index in [9.17, 15) is 5.11 Å². The van der Waals surface area contributed by atoms with Crippen molar-refractivity contribution in [3.63, 3.8) is 0 Å². The summed E-state index contributed by atoms with van der Waals surface area (Å²) in [5.41, 5.74) is -0.656. The Kier molecular flexibility index (Phi) is 3.09. The molecule has 1 aliphatic heterocycles. The minimum Gasteiger partial charge on any atom is -0.389 e. The SMILES string of the molecule is C.CC(C)(O)[C@]1(C)CCCN1. The lowest BCUT2D eigenvalue weighted by molar-refractivity contribution is -0.00415. The van der Waals surface area contributed by atoms with E-state index in [0.29, 0.717) is 0 Å². The largest absolute Gasteiger partial charge is 0.389 e. The Bertz CT molecular complexity index is 120. The molecular formula is C9H21NO. The van der Waals surface area contributed by atoms with Crippen molar-refractivity contribution >= 4 is 0 Å². The van der Waals surface area contributed by atoms with Gasteiger partial charge in [-0.15, -0.1) is 0 Å². The normalized spacial score (nSPS) is 31.6. The van der Waals surface area contributed by atoms with Gasteiger partial charge in [0.05, 0.1) is 5.60 Å². The summed E-state index contributed by atoms with van der Waals surface area (Å²) in [5.74, 6) is 0. The topological polar surface area (TPSA) is 32.3 Å². The van der Waals surface area contributed by atoms with E-state index >= 15 is 0 Å². The van der Waals surface area contributed by atoms with E-state index in [2.05, 4.69) is 12.2 Å². The van der Waals surface area contributed by atoms with Gasteiger partial charge in [-0.1, -0.05) is 7.43 Å². The second-order valence-corrected chi connectivity index (χ2v) is 3.92. The van der Waals surface area contributed by atoms with Crippen molar-refractivity contribution in [2.24, 2.45) is 0 Å². The highest BCUT2D eigenvalue weighted by atomic mass is 16.3. The van der Waals surface area contributed by atoms with Crippen molar-refractivity contribution < 1.29 is 5.11 Å². The fourth-order valence-electron chi connectivity index (χ4n) is 1.42. The Labute approximate surface area is 70.0 Å².